The van der Waals surface area contributed by atoms with Gasteiger partial charge in [-0.15, -0.1) is 0 Å². The van der Waals surface area contributed by atoms with Crippen LogP contribution in [0.2, 0.25) is 0 Å². The van der Waals surface area contributed by atoms with Gasteiger partial charge in [0.25, 0.3) is 0 Å². The number of carboxylic acid groups (broad SMARTS) is 3. The average Bonchev–Trinajstić information content (AvgIpc) is 2.78. The van der Waals surface area contributed by atoms with Crippen molar-refractivity contribution in [2.75, 3.05) is 5.32 Å². The Hall–Kier alpha value is -3.02. The first-order valence-corrected chi connectivity index (χ1v) is 11.3. The molecule has 0 saturated heterocycles. The van der Waals surface area contributed by atoms with Crippen LogP contribution in [-0.2, 0) is 19.2 Å². The van der Waals surface area contributed by atoms with Gasteiger partial charge in [-0.05, 0) is 36.8 Å². The van der Waals surface area contributed by atoms with Gasteiger partial charge in [-0.1, -0.05) is 52.8 Å². The molecule has 2 unspecified atom stereocenters. The molecule has 1 aromatic rings. The lowest BCUT2D eigenvalue weighted by molar-refractivity contribution is -0.146. The van der Waals surface area contributed by atoms with Crippen LogP contribution in [0.1, 0.15) is 53.9 Å². The number of aliphatic hydroxyl groups is 2. The summed E-state index contributed by atoms with van der Waals surface area (Å²) in [6, 6.07) is 7.07. The number of carboxylic acids is 3. The van der Waals surface area contributed by atoms with Crippen molar-refractivity contribution >= 4 is 29.4 Å². The van der Waals surface area contributed by atoms with Gasteiger partial charge in [-0.3, -0.25) is 9.59 Å². The SMILES string of the molecule is CC(C)C(O)C(=O)C[C@H](Nc1ccccc1)C(=O)O.CC(C)C[C@H](N)C(=O)O.CCC(O)C(=O)O. The zero-order valence-electron chi connectivity index (χ0n) is 20.9. The number of nitrogens with two attached hydrogens (primary N) is 1. The quantitative estimate of drug-likeness (QED) is 0.220. The second-order valence-electron chi connectivity index (χ2n) is 8.60. The number of benzene rings is 1. The minimum absolute atomic E-state index is 0.223. The number of carbonyl (C=O) groups excluding carboxylic acids is 1. The maximum Gasteiger partial charge on any atom is 0.332 e. The number of para-hydroxylation sites is 1. The average molecular weight is 501 g/mol. The number of nitrogens with one attached hydrogen (secondary N) is 1. The van der Waals surface area contributed by atoms with Gasteiger partial charge in [0.2, 0.25) is 0 Å². The molecule has 4 atom stereocenters. The molecule has 0 heterocycles. The molecule has 0 radical (unpaired) electrons. The van der Waals surface area contributed by atoms with Crippen LogP contribution in [-0.4, -0.2) is 73.5 Å². The van der Waals surface area contributed by atoms with Crippen molar-refractivity contribution in [2.24, 2.45) is 17.6 Å². The summed E-state index contributed by atoms with van der Waals surface area (Å²) >= 11 is 0. The molecule has 200 valence electrons. The molecule has 0 spiro atoms. The number of ketones is 1. The van der Waals surface area contributed by atoms with E-state index in [2.05, 4.69) is 5.32 Å². The molecule has 1 rings (SSSR count). The zero-order valence-corrected chi connectivity index (χ0v) is 20.9. The Bertz CT molecular complexity index is 770. The molecule has 8 N–H and O–H groups in total. The van der Waals surface area contributed by atoms with Crippen LogP contribution in [0.15, 0.2) is 30.3 Å². The number of anilines is 1. The van der Waals surface area contributed by atoms with Crippen molar-refractivity contribution in [3.05, 3.63) is 30.3 Å². The van der Waals surface area contributed by atoms with E-state index >= 15 is 0 Å². The number of aliphatic hydroxyl groups excluding tert-OH is 2. The molecule has 0 saturated carbocycles. The molecule has 0 fully saturated rings. The Morgan fingerprint density at radius 2 is 1.40 bits per heavy atom. The lowest BCUT2D eigenvalue weighted by Crippen LogP contribution is -2.36. The van der Waals surface area contributed by atoms with Crippen molar-refractivity contribution in [2.45, 2.75) is 78.2 Å². The van der Waals surface area contributed by atoms with E-state index in [0.29, 0.717) is 18.0 Å². The summed E-state index contributed by atoms with van der Waals surface area (Å²) in [4.78, 5) is 42.7. The lowest BCUT2D eigenvalue weighted by atomic mass is 9.98. The Labute approximate surface area is 206 Å². The van der Waals surface area contributed by atoms with E-state index in [0.717, 1.165) is 0 Å². The van der Waals surface area contributed by atoms with Crippen LogP contribution < -0.4 is 11.1 Å². The van der Waals surface area contributed by atoms with Crippen molar-refractivity contribution in [3.8, 4) is 0 Å². The predicted molar refractivity (Wildman–Crippen MR) is 131 cm³/mol. The molecule has 0 bridgehead atoms. The van der Waals surface area contributed by atoms with E-state index in [9.17, 15) is 24.3 Å². The number of rotatable bonds is 12. The smallest absolute Gasteiger partial charge is 0.332 e. The van der Waals surface area contributed by atoms with E-state index in [-0.39, 0.29) is 18.8 Å². The summed E-state index contributed by atoms with van der Waals surface area (Å²) < 4.78 is 0. The van der Waals surface area contributed by atoms with Crippen LogP contribution in [0.3, 0.4) is 0 Å². The Kier molecular flexibility index (Phi) is 17.9. The first kappa shape index (κ1) is 34.1. The third kappa shape index (κ3) is 17.1. The summed E-state index contributed by atoms with van der Waals surface area (Å²) in [7, 11) is 0. The molecule has 0 amide bonds. The second-order valence-corrected chi connectivity index (χ2v) is 8.60. The molecule has 0 aliphatic rings. The molecule has 11 nitrogen and oxygen atoms in total. The van der Waals surface area contributed by atoms with Crippen LogP contribution in [0.5, 0.6) is 0 Å². The topological polar surface area (TPSA) is 207 Å². The zero-order chi connectivity index (χ0) is 27.7. The number of hydrogen-bond donors (Lipinski definition) is 7. The third-order valence-corrected chi connectivity index (χ3v) is 4.49. The highest BCUT2D eigenvalue weighted by molar-refractivity contribution is 5.90. The van der Waals surface area contributed by atoms with Crippen molar-refractivity contribution in [1.29, 1.82) is 0 Å². The number of Topliss-reactive ketones (excluding diaryl/α,β-unsaturated/α-hetero) is 1. The van der Waals surface area contributed by atoms with Crippen molar-refractivity contribution in [3.63, 3.8) is 0 Å². The van der Waals surface area contributed by atoms with Gasteiger partial charge < -0.3 is 36.6 Å². The minimum atomic E-state index is -1.18. The fourth-order valence-electron chi connectivity index (χ4n) is 2.41. The van der Waals surface area contributed by atoms with Crippen molar-refractivity contribution < 1.29 is 44.7 Å². The third-order valence-electron chi connectivity index (χ3n) is 4.49. The second kappa shape index (κ2) is 18.3. The maximum absolute atomic E-state index is 11.7. The number of carbonyl (C=O) groups is 4. The van der Waals surface area contributed by atoms with E-state index in [1.807, 2.05) is 19.9 Å². The molecular formula is C24H40N2O9. The Morgan fingerprint density at radius 1 is 0.886 bits per heavy atom. The number of aliphatic carboxylic acids is 3. The van der Waals surface area contributed by atoms with Gasteiger partial charge in [0, 0.05) is 12.1 Å². The summed E-state index contributed by atoms with van der Waals surface area (Å²) in [6.45, 7) is 8.93. The van der Waals surface area contributed by atoms with E-state index in [1.165, 1.54) is 0 Å². The molecule has 0 aromatic heterocycles. The van der Waals surface area contributed by atoms with Crippen LogP contribution in [0.25, 0.3) is 0 Å². The molecular weight excluding hydrogens is 460 g/mol. The summed E-state index contributed by atoms with van der Waals surface area (Å²) in [6.07, 6.45) is -1.73. The number of hydrogen-bond acceptors (Lipinski definition) is 8. The molecule has 0 aliphatic heterocycles. The highest BCUT2D eigenvalue weighted by Crippen LogP contribution is 2.12. The predicted octanol–water partition coefficient (Wildman–Crippen LogP) is 1.81. The summed E-state index contributed by atoms with van der Waals surface area (Å²) in [5.74, 6) is -3.51. The molecule has 1 aromatic carbocycles. The van der Waals surface area contributed by atoms with Crippen LogP contribution >= 0.6 is 0 Å². The first-order valence-electron chi connectivity index (χ1n) is 11.3. The van der Waals surface area contributed by atoms with E-state index in [1.54, 1.807) is 45.0 Å². The van der Waals surface area contributed by atoms with Gasteiger partial charge >= 0.3 is 17.9 Å². The standard InChI is InChI=1S/C14H19NO4.C6H13NO2.C4H8O3/c1-9(2)13(17)12(16)8-11(14(18)19)15-10-6-4-3-5-7-10;1-4(2)3-5(7)6(8)9;1-2-3(5)4(6)7/h3-7,9,11,13,15,17H,8H2,1-2H3,(H,18,19);4-5H,3,7H2,1-2H3,(H,8,9);3,5H,2H2,1H3,(H,6,7)/t11-,13?;5-;/m00./s1. The van der Waals surface area contributed by atoms with E-state index in [4.69, 9.17) is 26.2 Å². The van der Waals surface area contributed by atoms with Gasteiger partial charge in [-0.25, -0.2) is 9.59 Å². The molecule has 11 heteroatoms. The largest absolute Gasteiger partial charge is 0.480 e. The monoisotopic (exact) mass is 500 g/mol. The highest BCUT2D eigenvalue weighted by Gasteiger charge is 2.26. The molecule has 0 aliphatic carbocycles. The Morgan fingerprint density at radius 3 is 1.69 bits per heavy atom. The van der Waals surface area contributed by atoms with Gasteiger partial charge in [0.1, 0.15) is 18.2 Å². The highest BCUT2D eigenvalue weighted by atomic mass is 16.4. The lowest BCUT2D eigenvalue weighted by Gasteiger charge is -2.18. The fraction of sp³-hybridized carbons (Fsp3) is 0.583. The normalized spacial score (nSPS) is 13.8. The van der Waals surface area contributed by atoms with Gasteiger partial charge in [-0.2, -0.15) is 0 Å². The van der Waals surface area contributed by atoms with E-state index < -0.39 is 48.0 Å². The summed E-state index contributed by atoms with van der Waals surface area (Å²) in [5.41, 5.74) is 5.84. The maximum atomic E-state index is 11.7. The van der Waals surface area contributed by atoms with Gasteiger partial charge in [0.15, 0.2) is 11.9 Å². The van der Waals surface area contributed by atoms with Crippen molar-refractivity contribution in [1.82, 2.24) is 0 Å². The first-order chi connectivity index (χ1) is 16.1. The molecule has 35 heavy (non-hydrogen) atoms. The van der Waals surface area contributed by atoms with Gasteiger partial charge in [0.05, 0.1) is 0 Å². The Balaban J connectivity index is 0. The minimum Gasteiger partial charge on any atom is -0.480 e. The summed E-state index contributed by atoms with van der Waals surface area (Å²) in [5, 5.41) is 46.1. The van der Waals surface area contributed by atoms with Crippen LogP contribution in [0, 0.1) is 11.8 Å². The fourth-order valence-corrected chi connectivity index (χ4v) is 2.41. The van der Waals surface area contributed by atoms with Crippen LogP contribution in [0.4, 0.5) is 5.69 Å².